The van der Waals surface area contributed by atoms with Crippen LogP contribution in [0.15, 0.2) is 0 Å². The largest absolute Gasteiger partial charge is 0.468 e. The number of rotatable bonds is 8. The van der Waals surface area contributed by atoms with E-state index in [1.165, 1.54) is 7.11 Å². The molecule has 0 saturated carbocycles. The van der Waals surface area contributed by atoms with E-state index in [9.17, 15) is 4.79 Å². The standard InChI is InChI=1S/C11H23NO3/c1-4-10(11(14)15-3)12-7-5-6-9(2)8-13/h9-10,12-13H,4-8H2,1-3H3. The number of hydrogen-bond donors (Lipinski definition) is 2. The average Bonchev–Trinajstić information content (AvgIpc) is 2.27. The Morgan fingerprint density at radius 2 is 2.20 bits per heavy atom. The fourth-order valence-electron chi connectivity index (χ4n) is 1.35. The highest BCUT2D eigenvalue weighted by Gasteiger charge is 2.15. The van der Waals surface area contributed by atoms with E-state index in [0.29, 0.717) is 5.92 Å². The zero-order valence-electron chi connectivity index (χ0n) is 9.95. The normalized spacial score (nSPS) is 14.7. The number of carbonyl (C=O) groups is 1. The number of aliphatic hydroxyl groups excluding tert-OH is 1. The Morgan fingerprint density at radius 3 is 2.67 bits per heavy atom. The zero-order valence-corrected chi connectivity index (χ0v) is 9.95. The second-order valence-electron chi connectivity index (χ2n) is 3.87. The van der Waals surface area contributed by atoms with Gasteiger partial charge in [-0.25, -0.2) is 0 Å². The van der Waals surface area contributed by atoms with Gasteiger partial charge in [0.1, 0.15) is 6.04 Å². The first-order valence-corrected chi connectivity index (χ1v) is 5.57. The van der Waals surface area contributed by atoms with Crippen molar-refractivity contribution in [3.05, 3.63) is 0 Å². The van der Waals surface area contributed by atoms with E-state index in [1.807, 2.05) is 13.8 Å². The maximum atomic E-state index is 11.2. The summed E-state index contributed by atoms with van der Waals surface area (Å²) in [6.07, 6.45) is 2.68. The topological polar surface area (TPSA) is 58.6 Å². The lowest BCUT2D eigenvalue weighted by atomic mass is 10.1. The summed E-state index contributed by atoms with van der Waals surface area (Å²) in [5.74, 6) is 0.137. The van der Waals surface area contributed by atoms with Crippen molar-refractivity contribution < 1.29 is 14.6 Å². The summed E-state index contributed by atoms with van der Waals surface area (Å²) in [5, 5.41) is 12.0. The van der Waals surface area contributed by atoms with E-state index in [-0.39, 0.29) is 18.6 Å². The van der Waals surface area contributed by atoms with E-state index < -0.39 is 0 Å². The molecule has 90 valence electrons. The van der Waals surface area contributed by atoms with E-state index >= 15 is 0 Å². The Morgan fingerprint density at radius 1 is 1.53 bits per heavy atom. The summed E-state index contributed by atoms with van der Waals surface area (Å²) in [4.78, 5) is 11.2. The third-order valence-corrected chi connectivity index (χ3v) is 2.47. The molecule has 0 fully saturated rings. The van der Waals surface area contributed by atoms with E-state index in [4.69, 9.17) is 5.11 Å². The average molecular weight is 217 g/mol. The molecular formula is C11H23NO3. The van der Waals surface area contributed by atoms with Gasteiger partial charge in [0.25, 0.3) is 0 Å². The quantitative estimate of drug-likeness (QED) is 0.469. The van der Waals surface area contributed by atoms with Crippen LogP contribution >= 0.6 is 0 Å². The SMILES string of the molecule is CCC(NCCCC(C)CO)C(=O)OC. The van der Waals surface area contributed by atoms with Crippen LogP contribution < -0.4 is 5.32 Å². The third kappa shape index (κ3) is 6.47. The molecule has 0 aliphatic carbocycles. The van der Waals surface area contributed by atoms with Gasteiger partial charge in [-0.2, -0.15) is 0 Å². The molecule has 0 heterocycles. The predicted molar refractivity (Wildman–Crippen MR) is 59.6 cm³/mol. The molecule has 0 amide bonds. The molecule has 0 rings (SSSR count). The van der Waals surface area contributed by atoms with Crippen molar-refractivity contribution in [2.45, 2.75) is 39.2 Å². The molecule has 0 aromatic heterocycles. The van der Waals surface area contributed by atoms with Gasteiger partial charge >= 0.3 is 5.97 Å². The van der Waals surface area contributed by atoms with E-state index in [2.05, 4.69) is 10.1 Å². The zero-order chi connectivity index (χ0) is 11.7. The Balaban J connectivity index is 3.59. The fraction of sp³-hybridized carbons (Fsp3) is 0.909. The maximum Gasteiger partial charge on any atom is 0.322 e. The summed E-state index contributed by atoms with van der Waals surface area (Å²) < 4.78 is 4.66. The van der Waals surface area contributed by atoms with Gasteiger partial charge in [0, 0.05) is 6.61 Å². The number of aliphatic hydroxyl groups is 1. The van der Waals surface area contributed by atoms with Crippen LogP contribution in [0.3, 0.4) is 0 Å². The molecule has 0 radical (unpaired) electrons. The van der Waals surface area contributed by atoms with Crippen molar-refractivity contribution in [1.82, 2.24) is 5.32 Å². The Labute approximate surface area is 92.0 Å². The van der Waals surface area contributed by atoms with Crippen molar-refractivity contribution in [3.8, 4) is 0 Å². The molecule has 2 atom stereocenters. The van der Waals surface area contributed by atoms with E-state index in [1.54, 1.807) is 0 Å². The summed E-state index contributed by atoms with van der Waals surface area (Å²) >= 11 is 0. The summed E-state index contributed by atoms with van der Waals surface area (Å²) in [6.45, 7) is 4.98. The fourth-order valence-corrected chi connectivity index (χ4v) is 1.35. The van der Waals surface area contributed by atoms with Gasteiger partial charge in [0.15, 0.2) is 0 Å². The lowest BCUT2D eigenvalue weighted by molar-refractivity contribution is -0.143. The first kappa shape index (κ1) is 14.4. The molecule has 15 heavy (non-hydrogen) atoms. The highest BCUT2D eigenvalue weighted by atomic mass is 16.5. The molecule has 0 aromatic rings. The summed E-state index contributed by atoms with van der Waals surface area (Å²) in [7, 11) is 1.40. The lowest BCUT2D eigenvalue weighted by Gasteiger charge is -2.15. The van der Waals surface area contributed by atoms with Crippen molar-refractivity contribution in [2.24, 2.45) is 5.92 Å². The van der Waals surface area contributed by atoms with Crippen LogP contribution in [-0.4, -0.2) is 37.4 Å². The van der Waals surface area contributed by atoms with Crippen LogP contribution in [-0.2, 0) is 9.53 Å². The molecule has 0 aliphatic heterocycles. The maximum absolute atomic E-state index is 11.2. The van der Waals surface area contributed by atoms with Gasteiger partial charge in [-0.05, 0) is 31.7 Å². The predicted octanol–water partition coefficient (Wildman–Crippen LogP) is 0.936. The molecule has 0 bridgehead atoms. The Hall–Kier alpha value is -0.610. The molecule has 2 unspecified atom stereocenters. The molecule has 4 nitrogen and oxygen atoms in total. The first-order valence-electron chi connectivity index (χ1n) is 5.57. The Bertz CT molecular complexity index is 173. The van der Waals surface area contributed by atoms with Crippen LogP contribution in [0.2, 0.25) is 0 Å². The third-order valence-electron chi connectivity index (χ3n) is 2.47. The highest BCUT2D eigenvalue weighted by molar-refractivity contribution is 5.75. The van der Waals surface area contributed by atoms with E-state index in [0.717, 1.165) is 25.8 Å². The Kier molecular flexibility index (Phi) is 8.33. The van der Waals surface area contributed by atoms with Crippen molar-refractivity contribution >= 4 is 5.97 Å². The summed E-state index contributed by atoms with van der Waals surface area (Å²) in [6, 6.07) is -0.195. The van der Waals surface area contributed by atoms with Crippen LogP contribution in [0.25, 0.3) is 0 Å². The van der Waals surface area contributed by atoms with Crippen molar-refractivity contribution in [3.63, 3.8) is 0 Å². The molecule has 0 saturated heterocycles. The minimum absolute atomic E-state index is 0.195. The molecule has 4 heteroatoms. The van der Waals surface area contributed by atoms with Gasteiger partial charge in [-0.3, -0.25) is 4.79 Å². The number of nitrogens with one attached hydrogen (secondary N) is 1. The van der Waals surface area contributed by atoms with Crippen LogP contribution in [0, 0.1) is 5.92 Å². The van der Waals surface area contributed by atoms with Crippen molar-refractivity contribution in [1.29, 1.82) is 0 Å². The summed E-state index contributed by atoms with van der Waals surface area (Å²) in [5.41, 5.74) is 0. The second kappa shape index (κ2) is 8.68. The number of ether oxygens (including phenoxy) is 1. The van der Waals surface area contributed by atoms with Crippen molar-refractivity contribution in [2.75, 3.05) is 20.3 Å². The van der Waals surface area contributed by atoms with Crippen LogP contribution in [0.4, 0.5) is 0 Å². The molecular weight excluding hydrogens is 194 g/mol. The molecule has 2 N–H and O–H groups in total. The first-order chi connectivity index (χ1) is 7.15. The molecule has 0 aromatic carbocycles. The monoisotopic (exact) mass is 217 g/mol. The lowest BCUT2D eigenvalue weighted by Crippen LogP contribution is -2.37. The van der Waals surface area contributed by atoms with Gasteiger partial charge in [0.2, 0.25) is 0 Å². The van der Waals surface area contributed by atoms with Crippen LogP contribution in [0.5, 0.6) is 0 Å². The minimum atomic E-state index is -0.201. The number of methoxy groups -OCH3 is 1. The van der Waals surface area contributed by atoms with Crippen LogP contribution in [0.1, 0.15) is 33.1 Å². The molecule has 0 spiro atoms. The van der Waals surface area contributed by atoms with Gasteiger partial charge in [-0.15, -0.1) is 0 Å². The van der Waals surface area contributed by atoms with Gasteiger partial charge in [-0.1, -0.05) is 13.8 Å². The second-order valence-corrected chi connectivity index (χ2v) is 3.87. The van der Waals surface area contributed by atoms with Gasteiger partial charge in [0.05, 0.1) is 7.11 Å². The minimum Gasteiger partial charge on any atom is -0.468 e. The van der Waals surface area contributed by atoms with Gasteiger partial charge < -0.3 is 15.2 Å². The number of esters is 1. The molecule has 0 aliphatic rings. The number of hydrogen-bond acceptors (Lipinski definition) is 4. The smallest absolute Gasteiger partial charge is 0.322 e. The highest BCUT2D eigenvalue weighted by Crippen LogP contribution is 2.03. The number of carbonyl (C=O) groups excluding carboxylic acids is 1.